The molecule has 3 N–H and O–H groups in total. The van der Waals surface area contributed by atoms with Crippen LogP contribution < -0.4 is 15.8 Å². The maximum atomic E-state index is 13.7. The van der Waals surface area contributed by atoms with E-state index in [4.69, 9.17) is 10.5 Å². The third kappa shape index (κ3) is 6.69. The van der Waals surface area contributed by atoms with Crippen LogP contribution in [0.15, 0.2) is 12.1 Å². The van der Waals surface area contributed by atoms with E-state index in [9.17, 15) is 4.39 Å². The number of hydrogen-bond acceptors (Lipinski definition) is 3. The van der Waals surface area contributed by atoms with Crippen LogP contribution in [0.1, 0.15) is 58.8 Å². The number of unbranched alkanes of at least 4 members (excludes halogenated alkanes) is 5. The van der Waals surface area contributed by atoms with E-state index in [1.54, 1.807) is 6.07 Å². The average molecular weight is 296 g/mol. The standard InChI is InChI=1S/C17H29FN2O/c1-3-5-6-7-8-9-10-20-16-13-17(21-11-4-2)14(18)12-15(16)19/h12-13,20H,3-11,19H2,1-2H3. The molecule has 0 amide bonds. The largest absolute Gasteiger partial charge is 0.490 e. The minimum absolute atomic E-state index is 0.275. The Kier molecular flexibility index (Phi) is 8.63. The van der Waals surface area contributed by atoms with E-state index in [-0.39, 0.29) is 5.75 Å². The van der Waals surface area contributed by atoms with Crippen LogP contribution in [0.3, 0.4) is 0 Å². The molecule has 0 saturated carbocycles. The number of nitrogens with two attached hydrogens (primary N) is 1. The number of ether oxygens (including phenoxy) is 1. The van der Waals surface area contributed by atoms with Gasteiger partial charge in [0.2, 0.25) is 0 Å². The number of benzene rings is 1. The third-order valence-corrected chi connectivity index (χ3v) is 3.41. The van der Waals surface area contributed by atoms with Gasteiger partial charge in [0.05, 0.1) is 18.0 Å². The molecule has 0 aromatic heterocycles. The van der Waals surface area contributed by atoms with Gasteiger partial charge in [-0.25, -0.2) is 4.39 Å². The fourth-order valence-electron chi connectivity index (χ4n) is 2.17. The van der Waals surface area contributed by atoms with Crippen LogP contribution >= 0.6 is 0 Å². The van der Waals surface area contributed by atoms with Crippen molar-refractivity contribution in [3.8, 4) is 5.75 Å². The Balaban J connectivity index is 2.39. The monoisotopic (exact) mass is 296 g/mol. The molecule has 0 heterocycles. The average Bonchev–Trinajstić information content (AvgIpc) is 2.47. The lowest BCUT2D eigenvalue weighted by atomic mass is 10.1. The second-order valence-electron chi connectivity index (χ2n) is 5.41. The summed E-state index contributed by atoms with van der Waals surface area (Å²) in [7, 11) is 0. The SMILES string of the molecule is CCCCCCCCNc1cc(OCCC)c(F)cc1N. The van der Waals surface area contributed by atoms with E-state index >= 15 is 0 Å². The number of nitrogens with one attached hydrogen (secondary N) is 1. The molecular weight excluding hydrogens is 267 g/mol. The minimum Gasteiger partial charge on any atom is -0.490 e. The predicted octanol–water partition coefficient (Wildman–Crippen LogP) is 4.97. The minimum atomic E-state index is -0.397. The summed E-state index contributed by atoms with van der Waals surface area (Å²) in [5, 5.41) is 3.28. The van der Waals surface area contributed by atoms with Crippen LogP contribution in [-0.2, 0) is 0 Å². The summed E-state index contributed by atoms with van der Waals surface area (Å²) in [5.41, 5.74) is 7.03. The summed E-state index contributed by atoms with van der Waals surface area (Å²) in [6.07, 6.45) is 8.34. The highest BCUT2D eigenvalue weighted by atomic mass is 19.1. The molecule has 1 aromatic carbocycles. The molecule has 4 heteroatoms. The van der Waals surface area contributed by atoms with Crippen LogP contribution in [0.25, 0.3) is 0 Å². The normalized spacial score (nSPS) is 10.6. The van der Waals surface area contributed by atoms with E-state index < -0.39 is 5.82 Å². The molecule has 3 nitrogen and oxygen atoms in total. The first-order valence-electron chi connectivity index (χ1n) is 8.14. The van der Waals surface area contributed by atoms with Crippen molar-refractivity contribution in [2.24, 2.45) is 0 Å². The lowest BCUT2D eigenvalue weighted by molar-refractivity contribution is 0.301. The molecule has 1 rings (SSSR count). The van der Waals surface area contributed by atoms with Gasteiger partial charge in [-0.3, -0.25) is 0 Å². The fraction of sp³-hybridized carbons (Fsp3) is 0.647. The van der Waals surface area contributed by atoms with Gasteiger partial charge in [-0.15, -0.1) is 0 Å². The molecule has 0 saturated heterocycles. The van der Waals surface area contributed by atoms with Gasteiger partial charge < -0.3 is 15.8 Å². The molecule has 0 spiro atoms. The summed E-state index contributed by atoms with van der Waals surface area (Å²) in [6, 6.07) is 2.99. The lowest BCUT2D eigenvalue weighted by Gasteiger charge is -2.13. The molecule has 0 atom stereocenters. The topological polar surface area (TPSA) is 47.3 Å². The molecule has 0 aliphatic rings. The van der Waals surface area contributed by atoms with E-state index in [1.165, 1.54) is 38.2 Å². The van der Waals surface area contributed by atoms with E-state index in [2.05, 4.69) is 12.2 Å². The predicted molar refractivity (Wildman–Crippen MR) is 88.5 cm³/mol. The second kappa shape index (κ2) is 10.3. The van der Waals surface area contributed by atoms with Crippen molar-refractivity contribution < 1.29 is 9.13 Å². The summed E-state index contributed by atoms with van der Waals surface area (Å²) in [4.78, 5) is 0. The summed E-state index contributed by atoms with van der Waals surface area (Å²) < 4.78 is 19.1. The molecule has 0 bridgehead atoms. The van der Waals surface area contributed by atoms with E-state index in [1.807, 2.05) is 6.92 Å². The first kappa shape index (κ1) is 17.6. The highest BCUT2D eigenvalue weighted by Crippen LogP contribution is 2.28. The number of anilines is 2. The van der Waals surface area contributed by atoms with Crippen LogP contribution in [0.4, 0.5) is 15.8 Å². The highest BCUT2D eigenvalue weighted by molar-refractivity contribution is 5.68. The summed E-state index contributed by atoms with van der Waals surface area (Å²) in [6.45, 7) is 5.58. The highest BCUT2D eigenvalue weighted by Gasteiger charge is 2.08. The Morgan fingerprint density at radius 2 is 1.76 bits per heavy atom. The van der Waals surface area contributed by atoms with Crippen molar-refractivity contribution in [1.29, 1.82) is 0 Å². The molecule has 0 aliphatic heterocycles. The van der Waals surface area contributed by atoms with Gasteiger partial charge in [-0.1, -0.05) is 46.0 Å². The molecule has 0 aliphatic carbocycles. The zero-order valence-electron chi connectivity index (χ0n) is 13.4. The van der Waals surface area contributed by atoms with Gasteiger partial charge in [0.25, 0.3) is 0 Å². The maximum Gasteiger partial charge on any atom is 0.167 e. The Hall–Kier alpha value is -1.45. The number of halogens is 1. The smallest absolute Gasteiger partial charge is 0.167 e. The van der Waals surface area contributed by atoms with Crippen LogP contribution in [0, 0.1) is 5.82 Å². The number of nitrogen functional groups attached to an aromatic ring is 1. The van der Waals surface area contributed by atoms with Gasteiger partial charge in [0, 0.05) is 18.7 Å². The summed E-state index contributed by atoms with van der Waals surface area (Å²) in [5.74, 6) is -0.123. The summed E-state index contributed by atoms with van der Waals surface area (Å²) >= 11 is 0. The van der Waals surface area contributed by atoms with Crippen molar-refractivity contribution in [3.63, 3.8) is 0 Å². The Labute approximate surface area is 128 Å². The van der Waals surface area contributed by atoms with Gasteiger partial charge in [0.1, 0.15) is 0 Å². The van der Waals surface area contributed by atoms with Gasteiger partial charge in [-0.2, -0.15) is 0 Å². The molecule has 0 fully saturated rings. The van der Waals surface area contributed by atoms with E-state index in [0.717, 1.165) is 25.1 Å². The van der Waals surface area contributed by atoms with Gasteiger partial charge in [0.15, 0.2) is 11.6 Å². The van der Waals surface area contributed by atoms with Crippen molar-refractivity contribution in [1.82, 2.24) is 0 Å². The third-order valence-electron chi connectivity index (χ3n) is 3.41. The molecule has 120 valence electrons. The van der Waals surface area contributed by atoms with Gasteiger partial charge in [-0.05, 0) is 12.8 Å². The van der Waals surface area contributed by atoms with Crippen LogP contribution in [-0.4, -0.2) is 13.2 Å². The molecule has 21 heavy (non-hydrogen) atoms. The maximum absolute atomic E-state index is 13.7. The first-order chi connectivity index (χ1) is 10.2. The molecule has 0 radical (unpaired) electrons. The number of hydrogen-bond donors (Lipinski definition) is 2. The Morgan fingerprint density at radius 1 is 1.05 bits per heavy atom. The van der Waals surface area contributed by atoms with Crippen LogP contribution in [0.2, 0.25) is 0 Å². The fourth-order valence-corrected chi connectivity index (χ4v) is 2.17. The molecular formula is C17H29FN2O. The number of rotatable bonds is 11. The zero-order chi connectivity index (χ0) is 15.5. The Bertz CT molecular complexity index is 410. The van der Waals surface area contributed by atoms with Gasteiger partial charge >= 0.3 is 0 Å². The lowest BCUT2D eigenvalue weighted by Crippen LogP contribution is -2.06. The van der Waals surface area contributed by atoms with Crippen molar-refractivity contribution >= 4 is 11.4 Å². The van der Waals surface area contributed by atoms with Crippen LogP contribution in [0.5, 0.6) is 5.75 Å². The zero-order valence-corrected chi connectivity index (χ0v) is 13.4. The molecule has 0 unspecified atom stereocenters. The Morgan fingerprint density at radius 3 is 2.48 bits per heavy atom. The van der Waals surface area contributed by atoms with Crippen molar-refractivity contribution in [3.05, 3.63) is 17.9 Å². The quantitative estimate of drug-likeness (QED) is 0.448. The van der Waals surface area contributed by atoms with Crippen molar-refractivity contribution in [2.75, 3.05) is 24.2 Å². The molecule has 1 aromatic rings. The second-order valence-corrected chi connectivity index (χ2v) is 5.41. The van der Waals surface area contributed by atoms with E-state index in [0.29, 0.717) is 12.3 Å². The first-order valence-corrected chi connectivity index (χ1v) is 8.14. The van der Waals surface area contributed by atoms with Crippen molar-refractivity contribution in [2.45, 2.75) is 58.8 Å².